The average molecular weight is 251 g/mol. The van der Waals surface area contributed by atoms with Gasteiger partial charge in [-0.2, -0.15) is 0 Å². The molecule has 4 nitrogen and oxygen atoms in total. The van der Waals surface area contributed by atoms with Crippen LogP contribution >= 0.6 is 0 Å². The molecule has 0 aliphatic heterocycles. The zero-order valence-electron chi connectivity index (χ0n) is 10.8. The second-order valence-electron chi connectivity index (χ2n) is 4.19. The highest BCUT2D eigenvalue weighted by Gasteiger charge is 2.12. The van der Waals surface area contributed by atoms with Crippen molar-refractivity contribution in [1.29, 1.82) is 0 Å². The Balaban J connectivity index is 2.35. The standard InChI is InChI=1S/C14H21NO3/c1-3-7-15(11-14-6-5-9-18-14)10-13(16)12-17-8-4-2/h2,5-6,9,13,16H,3,7-8,10-12H2,1H3/t13-/m1/s1. The van der Waals surface area contributed by atoms with Gasteiger partial charge in [0.25, 0.3) is 0 Å². The predicted molar refractivity (Wildman–Crippen MR) is 69.9 cm³/mol. The zero-order chi connectivity index (χ0) is 13.2. The normalized spacial score (nSPS) is 12.6. The third-order valence-corrected chi connectivity index (χ3v) is 2.46. The summed E-state index contributed by atoms with van der Waals surface area (Å²) >= 11 is 0. The van der Waals surface area contributed by atoms with Gasteiger partial charge in [-0.3, -0.25) is 4.90 Å². The first-order valence-corrected chi connectivity index (χ1v) is 6.20. The third-order valence-electron chi connectivity index (χ3n) is 2.46. The van der Waals surface area contributed by atoms with E-state index in [1.807, 2.05) is 12.1 Å². The van der Waals surface area contributed by atoms with Gasteiger partial charge in [0.15, 0.2) is 0 Å². The molecule has 0 aliphatic rings. The van der Waals surface area contributed by atoms with Gasteiger partial charge in [-0.1, -0.05) is 12.8 Å². The number of aliphatic hydroxyl groups is 1. The molecule has 18 heavy (non-hydrogen) atoms. The zero-order valence-corrected chi connectivity index (χ0v) is 10.8. The van der Waals surface area contributed by atoms with Crippen LogP contribution in [-0.2, 0) is 11.3 Å². The lowest BCUT2D eigenvalue weighted by Gasteiger charge is -2.23. The Bertz CT molecular complexity index is 342. The molecule has 0 aromatic carbocycles. The predicted octanol–water partition coefficient (Wildman–Crippen LogP) is 1.50. The molecule has 0 radical (unpaired) electrons. The van der Waals surface area contributed by atoms with Crippen molar-refractivity contribution >= 4 is 0 Å². The summed E-state index contributed by atoms with van der Waals surface area (Å²) in [6.07, 6.45) is 7.23. The molecule has 0 aliphatic carbocycles. The Hall–Kier alpha value is -1.28. The number of aliphatic hydroxyl groups excluding tert-OH is 1. The van der Waals surface area contributed by atoms with Crippen molar-refractivity contribution in [1.82, 2.24) is 4.90 Å². The first-order valence-electron chi connectivity index (χ1n) is 6.20. The molecule has 1 aromatic heterocycles. The summed E-state index contributed by atoms with van der Waals surface area (Å²) in [4.78, 5) is 2.14. The second kappa shape index (κ2) is 8.76. The maximum atomic E-state index is 9.84. The van der Waals surface area contributed by atoms with Crippen LogP contribution in [0.5, 0.6) is 0 Å². The van der Waals surface area contributed by atoms with E-state index >= 15 is 0 Å². The topological polar surface area (TPSA) is 45.8 Å². The summed E-state index contributed by atoms with van der Waals surface area (Å²) in [7, 11) is 0. The van der Waals surface area contributed by atoms with Crippen LogP contribution in [0.4, 0.5) is 0 Å². The molecule has 1 rings (SSSR count). The van der Waals surface area contributed by atoms with Gasteiger partial charge in [-0.15, -0.1) is 6.42 Å². The molecule has 0 bridgehead atoms. The lowest BCUT2D eigenvalue weighted by molar-refractivity contribution is 0.0249. The number of hydrogen-bond donors (Lipinski definition) is 1. The van der Waals surface area contributed by atoms with Gasteiger partial charge in [0.1, 0.15) is 12.4 Å². The van der Waals surface area contributed by atoms with Crippen molar-refractivity contribution in [2.75, 3.05) is 26.3 Å². The van der Waals surface area contributed by atoms with E-state index in [2.05, 4.69) is 17.7 Å². The Morgan fingerprint density at radius 2 is 2.44 bits per heavy atom. The lowest BCUT2D eigenvalue weighted by atomic mass is 10.3. The summed E-state index contributed by atoms with van der Waals surface area (Å²) in [5.41, 5.74) is 0. The van der Waals surface area contributed by atoms with E-state index in [1.54, 1.807) is 6.26 Å². The van der Waals surface area contributed by atoms with E-state index in [0.717, 1.165) is 18.7 Å². The van der Waals surface area contributed by atoms with Crippen molar-refractivity contribution in [3.63, 3.8) is 0 Å². The molecule has 1 N–H and O–H groups in total. The van der Waals surface area contributed by atoms with Crippen molar-refractivity contribution < 1.29 is 14.3 Å². The highest BCUT2D eigenvalue weighted by Crippen LogP contribution is 2.07. The smallest absolute Gasteiger partial charge is 0.117 e. The summed E-state index contributed by atoms with van der Waals surface area (Å²) < 4.78 is 10.4. The molecule has 0 saturated carbocycles. The van der Waals surface area contributed by atoms with Crippen molar-refractivity contribution in [3.8, 4) is 12.3 Å². The van der Waals surface area contributed by atoms with E-state index in [1.165, 1.54) is 0 Å². The highest BCUT2D eigenvalue weighted by molar-refractivity contribution is 4.97. The Morgan fingerprint density at radius 3 is 3.06 bits per heavy atom. The molecule has 1 atom stereocenters. The van der Waals surface area contributed by atoms with Gasteiger partial charge in [0.2, 0.25) is 0 Å². The van der Waals surface area contributed by atoms with Gasteiger partial charge in [-0.05, 0) is 25.1 Å². The maximum absolute atomic E-state index is 9.84. The molecule has 1 aromatic rings. The van der Waals surface area contributed by atoms with Crippen LogP contribution in [0.2, 0.25) is 0 Å². The second-order valence-corrected chi connectivity index (χ2v) is 4.19. The van der Waals surface area contributed by atoms with Crippen molar-refractivity contribution in [2.45, 2.75) is 26.0 Å². The largest absolute Gasteiger partial charge is 0.468 e. The summed E-state index contributed by atoms with van der Waals surface area (Å²) in [5, 5.41) is 9.84. The number of ether oxygens (including phenoxy) is 1. The van der Waals surface area contributed by atoms with Gasteiger partial charge in [-0.25, -0.2) is 0 Å². The van der Waals surface area contributed by atoms with Crippen LogP contribution < -0.4 is 0 Å². The van der Waals surface area contributed by atoms with Gasteiger partial charge >= 0.3 is 0 Å². The Morgan fingerprint density at radius 1 is 1.61 bits per heavy atom. The molecular weight excluding hydrogens is 230 g/mol. The molecule has 0 saturated heterocycles. The van der Waals surface area contributed by atoms with Gasteiger partial charge in [0, 0.05) is 6.54 Å². The summed E-state index contributed by atoms with van der Waals surface area (Å²) in [6, 6.07) is 3.80. The molecule has 4 heteroatoms. The highest BCUT2D eigenvalue weighted by atomic mass is 16.5. The number of furan rings is 1. The monoisotopic (exact) mass is 251 g/mol. The minimum atomic E-state index is -0.528. The van der Waals surface area contributed by atoms with Crippen LogP contribution in [0.3, 0.4) is 0 Å². The van der Waals surface area contributed by atoms with E-state index in [0.29, 0.717) is 13.1 Å². The Kier molecular flexibility index (Phi) is 7.19. The van der Waals surface area contributed by atoms with Gasteiger partial charge < -0.3 is 14.3 Å². The fourth-order valence-corrected chi connectivity index (χ4v) is 1.78. The molecule has 1 heterocycles. The Labute approximate surface area is 109 Å². The van der Waals surface area contributed by atoms with E-state index in [-0.39, 0.29) is 13.2 Å². The maximum Gasteiger partial charge on any atom is 0.117 e. The average Bonchev–Trinajstić information content (AvgIpc) is 2.82. The van der Waals surface area contributed by atoms with Crippen LogP contribution in [-0.4, -0.2) is 42.4 Å². The summed E-state index contributed by atoms with van der Waals surface area (Å²) in [5.74, 6) is 3.28. The van der Waals surface area contributed by atoms with Crippen molar-refractivity contribution in [2.24, 2.45) is 0 Å². The first-order chi connectivity index (χ1) is 8.76. The SMILES string of the molecule is C#CCOC[C@H](O)CN(CCC)Cc1ccco1. The fraction of sp³-hybridized carbons (Fsp3) is 0.571. The number of terminal acetylenes is 1. The third kappa shape index (κ3) is 5.87. The minimum Gasteiger partial charge on any atom is -0.468 e. The molecular formula is C14H21NO3. The minimum absolute atomic E-state index is 0.239. The molecule has 0 fully saturated rings. The lowest BCUT2D eigenvalue weighted by Crippen LogP contribution is -2.35. The molecule has 0 spiro atoms. The van der Waals surface area contributed by atoms with E-state index in [9.17, 15) is 5.11 Å². The van der Waals surface area contributed by atoms with Crippen LogP contribution in [0, 0.1) is 12.3 Å². The number of hydrogen-bond acceptors (Lipinski definition) is 4. The first kappa shape index (κ1) is 14.8. The quantitative estimate of drug-likeness (QED) is 0.534. The van der Waals surface area contributed by atoms with Gasteiger partial charge in [0.05, 0.1) is 25.5 Å². The van der Waals surface area contributed by atoms with Crippen LogP contribution in [0.1, 0.15) is 19.1 Å². The molecule has 0 amide bonds. The molecule has 0 unspecified atom stereocenters. The number of nitrogens with zero attached hydrogens (tertiary/aromatic N) is 1. The van der Waals surface area contributed by atoms with E-state index < -0.39 is 6.10 Å². The summed E-state index contributed by atoms with van der Waals surface area (Å²) in [6.45, 7) is 4.78. The van der Waals surface area contributed by atoms with Crippen LogP contribution in [0.25, 0.3) is 0 Å². The fourth-order valence-electron chi connectivity index (χ4n) is 1.78. The number of rotatable bonds is 9. The van der Waals surface area contributed by atoms with Crippen LogP contribution in [0.15, 0.2) is 22.8 Å². The van der Waals surface area contributed by atoms with Crippen molar-refractivity contribution in [3.05, 3.63) is 24.2 Å². The molecule has 100 valence electrons. The van der Waals surface area contributed by atoms with E-state index in [4.69, 9.17) is 15.6 Å².